The maximum Gasteiger partial charge on any atom is 0.0249 e. The van der Waals surface area contributed by atoms with Gasteiger partial charge in [0.25, 0.3) is 0 Å². The van der Waals surface area contributed by atoms with Gasteiger partial charge in [-0.2, -0.15) is 0 Å². The number of hydrogen-bond acceptors (Lipinski definition) is 1. The fourth-order valence-corrected chi connectivity index (χ4v) is 1.13. The molecule has 0 saturated carbocycles. The van der Waals surface area contributed by atoms with Crippen molar-refractivity contribution in [3.05, 3.63) is 12.2 Å². The molecular formula is C10H21N. The summed E-state index contributed by atoms with van der Waals surface area (Å²) in [4.78, 5) is 0. The Bertz CT molecular complexity index is 107. The molecule has 0 bridgehead atoms. The Balaban J connectivity index is 3.67. The normalized spacial score (nSPS) is 17.1. The molecule has 0 amide bonds. The molecule has 0 heterocycles. The molecule has 66 valence electrons. The first-order chi connectivity index (χ1) is 5.24. The van der Waals surface area contributed by atoms with E-state index in [-0.39, 0.29) is 0 Å². The molecule has 1 nitrogen and oxygen atoms in total. The van der Waals surface area contributed by atoms with Crippen molar-refractivity contribution in [1.29, 1.82) is 0 Å². The molecule has 0 aliphatic carbocycles. The molecule has 2 unspecified atom stereocenters. The van der Waals surface area contributed by atoms with Gasteiger partial charge >= 0.3 is 0 Å². The van der Waals surface area contributed by atoms with Gasteiger partial charge in [0.05, 0.1) is 0 Å². The molecule has 0 spiro atoms. The maximum atomic E-state index is 3.28. The van der Waals surface area contributed by atoms with Crippen molar-refractivity contribution in [3.8, 4) is 0 Å². The van der Waals surface area contributed by atoms with E-state index in [2.05, 4.69) is 38.2 Å². The summed E-state index contributed by atoms with van der Waals surface area (Å²) in [7, 11) is 2.02. The Morgan fingerprint density at radius 2 is 2.09 bits per heavy atom. The minimum Gasteiger partial charge on any atom is -0.314 e. The first-order valence-corrected chi connectivity index (χ1v) is 4.54. The van der Waals surface area contributed by atoms with Crippen LogP contribution >= 0.6 is 0 Å². The van der Waals surface area contributed by atoms with E-state index in [1.165, 1.54) is 12.8 Å². The second kappa shape index (κ2) is 6.41. The van der Waals surface area contributed by atoms with E-state index >= 15 is 0 Å². The molecule has 0 radical (unpaired) electrons. The van der Waals surface area contributed by atoms with E-state index < -0.39 is 0 Å². The van der Waals surface area contributed by atoms with Crippen LogP contribution in [0.1, 0.15) is 33.6 Å². The lowest BCUT2D eigenvalue weighted by molar-refractivity contribution is 0.456. The largest absolute Gasteiger partial charge is 0.314 e. The topological polar surface area (TPSA) is 12.0 Å². The number of rotatable bonds is 5. The van der Waals surface area contributed by atoms with Crippen LogP contribution in [0.3, 0.4) is 0 Å². The average Bonchev–Trinajstić information content (AvgIpc) is 2.03. The predicted molar refractivity (Wildman–Crippen MR) is 51.7 cm³/mol. The molecule has 0 aromatic rings. The van der Waals surface area contributed by atoms with Crippen molar-refractivity contribution in [2.75, 3.05) is 7.05 Å². The third-order valence-corrected chi connectivity index (χ3v) is 2.15. The molecule has 11 heavy (non-hydrogen) atoms. The lowest BCUT2D eigenvalue weighted by atomic mass is 9.99. The minimum absolute atomic E-state index is 0.565. The first kappa shape index (κ1) is 10.7. The zero-order valence-electron chi connectivity index (χ0n) is 8.22. The zero-order valence-corrected chi connectivity index (χ0v) is 8.22. The Hall–Kier alpha value is -0.300. The van der Waals surface area contributed by atoms with Crippen LogP contribution in [-0.2, 0) is 0 Å². The second-order valence-corrected chi connectivity index (χ2v) is 3.17. The van der Waals surface area contributed by atoms with Crippen LogP contribution in [0.2, 0.25) is 0 Å². The highest BCUT2D eigenvalue weighted by Gasteiger charge is 2.05. The van der Waals surface area contributed by atoms with E-state index in [1.807, 2.05) is 7.05 Å². The highest BCUT2D eigenvalue weighted by atomic mass is 14.9. The molecule has 0 fully saturated rings. The standard InChI is InChI=1S/C10H21N/c1-5-7-10(11-4)8-9(3)6-2/h5,7,9-11H,6,8H2,1-4H3/b7-5-. The van der Waals surface area contributed by atoms with Crippen molar-refractivity contribution in [1.82, 2.24) is 5.32 Å². The molecule has 0 aliphatic heterocycles. The van der Waals surface area contributed by atoms with Crippen LogP contribution in [0, 0.1) is 5.92 Å². The molecule has 0 saturated heterocycles. The molecule has 0 aromatic carbocycles. The lowest BCUT2D eigenvalue weighted by Crippen LogP contribution is -2.24. The van der Waals surface area contributed by atoms with Gasteiger partial charge in [0.2, 0.25) is 0 Å². The summed E-state index contributed by atoms with van der Waals surface area (Å²) in [6, 6.07) is 0.565. The lowest BCUT2D eigenvalue weighted by Gasteiger charge is -2.15. The van der Waals surface area contributed by atoms with Crippen LogP contribution in [0.25, 0.3) is 0 Å². The van der Waals surface area contributed by atoms with E-state index in [4.69, 9.17) is 0 Å². The fourth-order valence-electron chi connectivity index (χ4n) is 1.13. The van der Waals surface area contributed by atoms with Crippen molar-refractivity contribution < 1.29 is 0 Å². The van der Waals surface area contributed by atoms with Crippen molar-refractivity contribution in [2.45, 2.75) is 39.7 Å². The quantitative estimate of drug-likeness (QED) is 0.602. The van der Waals surface area contributed by atoms with Gasteiger partial charge in [0.1, 0.15) is 0 Å². The fraction of sp³-hybridized carbons (Fsp3) is 0.800. The zero-order chi connectivity index (χ0) is 8.69. The molecule has 1 heteroatoms. The number of nitrogens with one attached hydrogen (secondary N) is 1. The summed E-state index contributed by atoms with van der Waals surface area (Å²) >= 11 is 0. The average molecular weight is 155 g/mol. The summed E-state index contributed by atoms with van der Waals surface area (Å²) in [5.74, 6) is 0.823. The predicted octanol–water partition coefficient (Wildman–Crippen LogP) is 2.59. The van der Waals surface area contributed by atoms with Crippen LogP contribution < -0.4 is 5.32 Å². The Kier molecular flexibility index (Phi) is 6.24. The van der Waals surface area contributed by atoms with E-state index in [0.29, 0.717) is 6.04 Å². The number of allylic oxidation sites excluding steroid dienone is 1. The molecular weight excluding hydrogens is 134 g/mol. The Morgan fingerprint density at radius 3 is 2.45 bits per heavy atom. The van der Waals surface area contributed by atoms with Crippen molar-refractivity contribution >= 4 is 0 Å². The molecule has 2 atom stereocenters. The summed E-state index contributed by atoms with van der Waals surface area (Å²) in [6.45, 7) is 6.61. The van der Waals surface area contributed by atoms with E-state index in [0.717, 1.165) is 5.92 Å². The van der Waals surface area contributed by atoms with Gasteiger partial charge in [0, 0.05) is 6.04 Å². The van der Waals surface area contributed by atoms with Gasteiger partial charge in [0.15, 0.2) is 0 Å². The van der Waals surface area contributed by atoms with E-state index in [9.17, 15) is 0 Å². The smallest absolute Gasteiger partial charge is 0.0249 e. The molecule has 0 rings (SSSR count). The van der Waals surface area contributed by atoms with Crippen molar-refractivity contribution in [3.63, 3.8) is 0 Å². The monoisotopic (exact) mass is 155 g/mol. The molecule has 1 N–H and O–H groups in total. The van der Waals surface area contributed by atoms with Crippen LogP contribution in [0.4, 0.5) is 0 Å². The summed E-state index contributed by atoms with van der Waals surface area (Å²) in [5.41, 5.74) is 0. The third kappa shape index (κ3) is 5.02. The van der Waals surface area contributed by atoms with E-state index in [1.54, 1.807) is 0 Å². The Labute approximate surface area is 70.9 Å². The van der Waals surface area contributed by atoms with Gasteiger partial charge in [-0.05, 0) is 26.3 Å². The third-order valence-electron chi connectivity index (χ3n) is 2.15. The van der Waals surface area contributed by atoms with Crippen LogP contribution in [0.15, 0.2) is 12.2 Å². The minimum atomic E-state index is 0.565. The maximum absolute atomic E-state index is 3.28. The van der Waals surface area contributed by atoms with Crippen molar-refractivity contribution in [2.24, 2.45) is 5.92 Å². The van der Waals surface area contributed by atoms with Gasteiger partial charge in [-0.25, -0.2) is 0 Å². The van der Waals surface area contributed by atoms with Gasteiger partial charge < -0.3 is 5.32 Å². The first-order valence-electron chi connectivity index (χ1n) is 4.54. The summed E-state index contributed by atoms with van der Waals surface area (Å²) < 4.78 is 0. The Morgan fingerprint density at radius 1 is 1.45 bits per heavy atom. The SMILES string of the molecule is C/C=C\C(CC(C)CC)NC. The number of hydrogen-bond donors (Lipinski definition) is 1. The highest BCUT2D eigenvalue weighted by Crippen LogP contribution is 2.10. The van der Waals surface area contributed by atoms with Crippen LogP contribution in [0.5, 0.6) is 0 Å². The number of likely N-dealkylation sites (N-methyl/N-ethyl adjacent to an activating group) is 1. The molecule has 0 aliphatic rings. The highest BCUT2D eigenvalue weighted by molar-refractivity contribution is 4.90. The van der Waals surface area contributed by atoms with Gasteiger partial charge in [-0.15, -0.1) is 0 Å². The summed E-state index contributed by atoms with van der Waals surface area (Å²) in [5, 5.41) is 3.28. The molecule has 0 aromatic heterocycles. The van der Waals surface area contributed by atoms with Gasteiger partial charge in [-0.1, -0.05) is 32.4 Å². The summed E-state index contributed by atoms with van der Waals surface area (Å²) in [6.07, 6.45) is 6.86. The second-order valence-electron chi connectivity index (χ2n) is 3.17. The van der Waals surface area contributed by atoms with Gasteiger partial charge in [-0.3, -0.25) is 0 Å². The van der Waals surface area contributed by atoms with Crippen LogP contribution in [-0.4, -0.2) is 13.1 Å².